The fourth-order valence-electron chi connectivity index (χ4n) is 2.39. The highest BCUT2D eigenvalue weighted by Gasteiger charge is 2.32. The lowest BCUT2D eigenvalue weighted by atomic mass is 9.97. The van der Waals surface area contributed by atoms with Crippen LogP contribution in [0.3, 0.4) is 0 Å². The van der Waals surface area contributed by atoms with Crippen molar-refractivity contribution in [3.05, 3.63) is 0 Å². The van der Waals surface area contributed by atoms with Crippen LogP contribution in [0, 0.1) is 5.92 Å². The average Bonchev–Trinajstić information content (AvgIpc) is 2.39. The van der Waals surface area contributed by atoms with E-state index in [1.165, 1.54) is 0 Å². The number of rotatable bonds is 2. The van der Waals surface area contributed by atoms with Gasteiger partial charge in [-0.05, 0) is 19.4 Å². The number of carbonyl (C=O) groups excluding carboxylic acids is 1. The van der Waals surface area contributed by atoms with Crippen molar-refractivity contribution in [1.29, 1.82) is 0 Å². The van der Waals surface area contributed by atoms with Gasteiger partial charge in [-0.25, -0.2) is 0 Å². The van der Waals surface area contributed by atoms with Crippen molar-refractivity contribution in [2.75, 3.05) is 39.5 Å². The first-order chi connectivity index (χ1) is 7.83. The highest BCUT2D eigenvalue weighted by molar-refractivity contribution is 5.79. The Balaban J connectivity index is 1.95. The van der Waals surface area contributed by atoms with Gasteiger partial charge in [-0.15, -0.1) is 0 Å². The molecule has 1 amide bonds. The Hall–Kier alpha value is -0.650. The number of morpholine rings is 1. The lowest BCUT2D eigenvalue weighted by Gasteiger charge is -2.37. The molecule has 0 saturated carbocycles. The van der Waals surface area contributed by atoms with Gasteiger partial charge in [0.2, 0.25) is 5.91 Å². The van der Waals surface area contributed by atoms with Crippen LogP contribution in [0.1, 0.15) is 12.8 Å². The zero-order valence-electron chi connectivity index (χ0n) is 9.52. The number of carbonyl (C=O) groups is 1. The molecular formula is C11H20N2O3. The van der Waals surface area contributed by atoms with E-state index in [1.54, 1.807) is 4.90 Å². The second-order valence-electron chi connectivity index (χ2n) is 4.49. The normalized spacial score (nSPS) is 31.4. The molecule has 2 N–H and O–H groups in total. The van der Waals surface area contributed by atoms with Crippen molar-refractivity contribution in [3.63, 3.8) is 0 Å². The summed E-state index contributed by atoms with van der Waals surface area (Å²) in [5, 5.41) is 12.5. The largest absolute Gasteiger partial charge is 0.394 e. The van der Waals surface area contributed by atoms with E-state index in [0.29, 0.717) is 19.8 Å². The van der Waals surface area contributed by atoms with E-state index < -0.39 is 0 Å². The van der Waals surface area contributed by atoms with Gasteiger partial charge < -0.3 is 20.1 Å². The van der Waals surface area contributed by atoms with E-state index in [1.807, 2.05) is 0 Å². The Labute approximate surface area is 95.8 Å². The Morgan fingerprint density at radius 2 is 2.44 bits per heavy atom. The first kappa shape index (κ1) is 11.8. The summed E-state index contributed by atoms with van der Waals surface area (Å²) in [5.41, 5.74) is 0. The molecule has 92 valence electrons. The molecule has 5 nitrogen and oxygen atoms in total. The number of aliphatic hydroxyl groups is 1. The molecule has 2 saturated heterocycles. The predicted octanol–water partition coefficient (Wildman–Crippen LogP) is -0.794. The Morgan fingerprint density at radius 3 is 3.12 bits per heavy atom. The quantitative estimate of drug-likeness (QED) is 0.650. The van der Waals surface area contributed by atoms with Crippen molar-refractivity contribution in [3.8, 4) is 0 Å². The van der Waals surface area contributed by atoms with Crippen LogP contribution in [0.15, 0.2) is 0 Å². The molecule has 0 aromatic heterocycles. The van der Waals surface area contributed by atoms with E-state index in [4.69, 9.17) is 4.74 Å². The summed E-state index contributed by atoms with van der Waals surface area (Å²) >= 11 is 0. The molecule has 2 aliphatic heterocycles. The van der Waals surface area contributed by atoms with Gasteiger partial charge in [0, 0.05) is 13.1 Å². The van der Waals surface area contributed by atoms with Crippen molar-refractivity contribution < 1.29 is 14.6 Å². The van der Waals surface area contributed by atoms with Crippen molar-refractivity contribution >= 4 is 5.91 Å². The maximum Gasteiger partial charge on any atom is 0.227 e. The van der Waals surface area contributed by atoms with Crippen LogP contribution in [0.5, 0.6) is 0 Å². The van der Waals surface area contributed by atoms with Crippen LogP contribution in [-0.4, -0.2) is 61.4 Å². The summed E-state index contributed by atoms with van der Waals surface area (Å²) in [6.07, 6.45) is 2.02. The number of nitrogens with zero attached hydrogens (tertiary/aromatic N) is 1. The third kappa shape index (κ3) is 2.53. The second-order valence-corrected chi connectivity index (χ2v) is 4.49. The molecule has 2 atom stereocenters. The Morgan fingerprint density at radius 1 is 1.56 bits per heavy atom. The molecule has 2 heterocycles. The highest BCUT2D eigenvalue weighted by atomic mass is 16.5. The van der Waals surface area contributed by atoms with Crippen LogP contribution < -0.4 is 5.32 Å². The zero-order chi connectivity index (χ0) is 11.4. The van der Waals surface area contributed by atoms with Gasteiger partial charge in [-0.3, -0.25) is 4.79 Å². The van der Waals surface area contributed by atoms with Crippen LogP contribution in [0.25, 0.3) is 0 Å². The van der Waals surface area contributed by atoms with Crippen LogP contribution in [0.2, 0.25) is 0 Å². The minimum Gasteiger partial charge on any atom is -0.394 e. The molecule has 5 heteroatoms. The maximum atomic E-state index is 12.2. The Kier molecular flexibility index (Phi) is 4.15. The molecule has 16 heavy (non-hydrogen) atoms. The summed E-state index contributed by atoms with van der Waals surface area (Å²) in [6, 6.07) is -0.150. The lowest BCUT2D eigenvalue weighted by Crippen LogP contribution is -2.54. The van der Waals surface area contributed by atoms with E-state index in [0.717, 1.165) is 25.9 Å². The number of amides is 1. The number of hydrogen-bond donors (Lipinski definition) is 2. The molecule has 0 aliphatic carbocycles. The van der Waals surface area contributed by atoms with Gasteiger partial charge in [-0.1, -0.05) is 0 Å². The molecule has 2 fully saturated rings. The molecule has 0 radical (unpaired) electrons. The number of aliphatic hydroxyl groups excluding tert-OH is 1. The van der Waals surface area contributed by atoms with Gasteiger partial charge in [0.1, 0.15) is 0 Å². The fourth-order valence-corrected chi connectivity index (χ4v) is 2.39. The molecule has 0 aromatic carbocycles. The van der Waals surface area contributed by atoms with E-state index in [-0.39, 0.29) is 24.5 Å². The van der Waals surface area contributed by atoms with Crippen molar-refractivity contribution in [2.45, 2.75) is 18.9 Å². The van der Waals surface area contributed by atoms with Gasteiger partial charge >= 0.3 is 0 Å². The number of nitrogens with one attached hydrogen (secondary N) is 1. The lowest BCUT2D eigenvalue weighted by molar-refractivity contribution is -0.146. The van der Waals surface area contributed by atoms with E-state index in [9.17, 15) is 9.90 Å². The van der Waals surface area contributed by atoms with Crippen molar-refractivity contribution in [1.82, 2.24) is 10.2 Å². The first-order valence-corrected chi connectivity index (χ1v) is 6.02. The molecule has 2 aliphatic rings. The number of piperidine rings is 1. The minimum atomic E-state index is -0.150. The molecular weight excluding hydrogens is 208 g/mol. The van der Waals surface area contributed by atoms with Crippen LogP contribution >= 0.6 is 0 Å². The molecule has 0 aromatic rings. The summed E-state index contributed by atoms with van der Waals surface area (Å²) in [4.78, 5) is 14.0. The van der Waals surface area contributed by atoms with Gasteiger partial charge in [-0.2, -0.15) is 0 Å². The number of hydrogen-bond acceptors (Lipinski definition) is 4. The third-order valence-electron chi connectivity index (χ3n) is 3.37. The number of ether oxygens (including phenoxy) is 1. The van der Waals surface area contributed by atoms with Crippen molar-refractivity contribution in [2.24, 2.45) is 5.92 Å². The summed E-state index contributed by atoms with van der Waals surface area (Å²) in [5.74, 6) is 0.260. The van der Waals surface area contributed by atoms with Gasteiger partial charge in [0.25, 0.3) is 0 Å². The predicted molar refractivity (Wildman–Crippen MR) is 59.0 cm³/mol. The molecule has 1 unspecified atom stereocenters. The second kappa shape index (κ2) is 5.61. The van der Waals surface area contributed by atoms with Gasteiger partial charge in [0.05, 0.1) is 31.8 Å². The average molecular weight is 228 g/mol. The monoisotopic (exact) mass is 228 g/mol. The Bertz CT molecular complexity index is 241. The third-order valence-corrected chi connectivity index (χ3v) is 3.37. The summed E-state index contributed by atoms with van der Waals surface area (Å²) < 4.78 is 5.27. The van der Waals surface area contributed by atoms with Gasteiger partial charge in [0.15, 0.2) is 0 Å². The standard InChI is InChI=1S/C11H20N2O3/c14-7-10-8-16-5-4-13(10)11(15)9-2-1-3-12-6-9/h9-10,12,14H,1-8H2/t9-,10?/m0/s1. The van der Waals surface area contributed by atoms with Crippen LogP contribution in [-0.2, 0) is 9.53 Å². The smallest absolute Gasteiger partial charge is 0.227 e. The SMILES string of the molecule is O=C([C@H]1CCCNC1)N1CCOCC1CO. The fraction of sp³-hybridized carbons (Fsp3) is 0.909. The first-order valence-electron chi connectivity index (χ1n) is 6.02. The topological polar surface area (TPSA) is 61.8 Å². The minimum absolute atomic E-state index is 0.00805. The molecule has 0 bridgehead atoms. The highest BCUT2D eigenvalue weighted by Crippen LogP contribution is 2.17. The zero-order valence-corrected chi connectivity index (χ0v) is 9.52. The van der Waals surface area contributed by atoms with E-state index in [2.05, 4.69) is 5.32 Å². The summed E-state index contributed by atoms with van der Waals surface area (Å²) in [6.45, 7) is 3.43. The maximum absolute atomic E-state index is 12.2. The van der Waals surface area contributed by atoms with Crippen LogP contribution in [0.4, 0.5) is 0 Å². The summed E-state index contributed by atoms with van der Waals surface area (Å²) in [7, 11) is 0. The molecule has 0 spiro atoms. The molecule has 2 rings (SSSR count). The van der Waals surface area contributed by atoms with E-state index >= 15 is 0 Å².